The summed E-state index contributed by atoms with van der Waals surface area (Å²) in [4.78, 5) is 4.44. The van der Waals surface area contributed by atoms with E-state index in [1.165, 1.54) is 24.0 Å². The first kappa shape index (κ1) is 20.0. The molecule has 1 aromatic carbocycles. The Bertz CT molecular complexity index is 795. The zero-order valence-electron chi connectivity index (χ0n) is 16.1. The number of hydrogen-bond donors (Lipinski definition) is 2. The molecule has 146 valence electrons. The molecule has 1 atom stereocenters. The molecule has 0 amide bonds. The molecule has 2 N–H and O–H groups in total. The highest BCUT2D eigenvalue weighted by Crippen LogP contribution is 2.46. The van der Waals surface area contributed by atoms with Gasteiger partial charge in [-0.3, -0.25) is 4.99 Å². The Kier molecular flexibility index (Phi) is 6.34. The minimum atomic E-state index is -0.00962. The third-order valence-electron chi connectivity index (χ3n) is 5.60. The molecule has 1 aliphatic heterocycles. The summed E-state index contributed by atoms with van der Waals surface area (Å²) in [5, 5.41) is 7.08. The average Bonchev–Trinajstić information content (AvgIpc) is 3.27. The molecule has 5 nitrogen and oxygen atoms in total. The molecule has 1 aliphatic carbocycles. The van der Waals surface area contributed by atoms with E-state index < -0.39 is 0 Å². The molecule has 0 bridgehead atoms. The first-order valence-corrected chi connectivity index (χ1v) is 9.53. The van der Waals surface area contributed by atoms with Crippen molar-refractivity contribution in [3.63, 3.8) is 0 Å². The van der Waals surface area contributed by atoms with Crippen LogP contribution in [0.3, 0.4) is 0 Å². The minimum absolute atomic E-state index is 0. The Balaban J connectivity index is 0.00000210. The average molecular weight is 480 g/mol. The molecule has 1 unspecified atom stereocenters. The molecule has 27 heavy (non-hydrogen) atoms. The van der Waals surface area contributed by atoms with Gasteiger partial charge in [0.2, 0.25) is 0 Å². The lowest BCUT2D eigenvalue weighted by Gasteiger charge is -2.40. The van der Waals surface area contributed by atoms with Crippen LogP contribution in [0, 0.1) is 0 Å². The van der Waals surface area contributed by atoms with Crippen LogP contribution < -0.4 is 15.4 Å². The highest BCUT2D eigenvalue weighted by Gasteiger charge is 2.43. The van der Waals surface area contributed by atoms with Gasteiger partial charge in [-0.15, -0.1) is 24.0 Å². The number of guanidine groups is 1. The monoisotopic (exact) mass is 480 g/mol. The van der Waals surface area contributed by atoms with Gasteiger partial charge in [-0.2, -0.15) is 0 Å². The third kappa shape index (κ3) is 4.42. The van der Waals surface area contributed by atoms with Crippen LogP contribution in [-0.2, 0) is 13.6 Å². The Morgan fingerprint density at radius 2 is 2.04 bits per heavy atom. The lowest BCUT2D eigenvalue weighted by Crippen LogP contribution is -2.46. The Morgan fingerprint density at radius 3 is 2.74 bits per heavy atom. The van der Waals surface area contributed by atoms with Gasteiger partial charge in [0.25, 0.3) is 0 Å². The molecule has 2 heterocycles. The Morgan fingerprint density at radius 1 is 1.26 bits per heavy atom. The molecule has 6 heteroatoms. The summed E-state index contributed by atoms with van der Waals surface area (Å²) in [5.74, 6) is 1.86. The van der Waals surface area contributed by atoms with Gasteiger partial charge >= 0.3 is 0 Å². The van der Waals surface area contributed by atoms with E-state index in [1.54, 1.807) is 0 Å². The quantitative estimate of drug-likeness (QED) is 0.395. The van der Waals surface area contributed by atoms with Gasteiger partial charge in [0.05, 0.1) is 6.04 Å². The fourth-order valence-corrected chi connectivity index (χ4v) is 4.28. The highest BCUT2D eigenvalue weighted by molar-refractivity contribution is 14.0. The maximum atomic E-state index is 6.45. The summed E-state index contributed by atoms with van der Waals surface area (Å²) < 4.78 is 8.52. The number of rotatable bonds is 3. The number of hydrogen-bond acceptors (Lipinski definition) is 2. The number of fused-ring (bicyclic) bond motifs is 1. The van der Waals surface area contributed by atoms with Gasteiger partial charge in [-0.1, -0.05) is 18.2 Å². The van der Waals surface area contributed by atoms with E-state index >= 15 is 0 Å². The van der Waals surface area contributed by atoms with E-state index in [4.69, 9.17) is 4.74 Å². The number of para-hydroxylation sites is 1. The zero-order chi connectivity index (χ0) is 18.0. The second-order valence-corrected chi connectivity index (χ2v) is 7.54. The maximum Gasteiger partial charge on any atom is 0.191 e. The van der Waals surface area contributed by atoms with E-state index in [0.29, 0.717) is 0 Å². The van der Waals surface area contributed by atoms with Gasteiger partial charge in [-0.25, -0.2) is 0 Å². The van der Waals surface area contributed by atoms with Crippen LogP contribution in [0.15, 0.2) is 47.7 Å². The molecule has 0 radical (unpaired) electrons. The van der Waals surface area contributed by atoms with Gasteiger partial charge in [0.15, 0.2) is 5.96 Å². The minimum Gasteiger partial charge on any atom is -0.487 e. The smallest absolute Gasteiger partial charge is 0.191 e. The van der Waals surface area contributed by atoms with E-state index in [-0.39, 0.29) is 35.6 Å². The van der Waals surface area contributed by atoms with E-state index in [1.807, 2.05) is 14.1 Å². The second-order valence-electron chi connectivity index (χ2n) is 7.54. The fourth-order valence-electron chi connectivity index (χ4n) is 4.28. The van der Waals surface area contributed by atoms with Crippen LogP contribution >= 0.6 is 24.0 Å². The Hall–Kier alpha value is -1.70. The van der Waals surface area contributed by atoms with Crippen molar-refractivity contribution in [2.45, 2.75) is 50.3 Å². The van der Waals surface area contributed by atoms with Crippen LogP contribution in [0.5, 0.6) is 5.75 Å². The van der Waals surface area contributed by atoms with Crippen molar-refractivity contribution in [1.82, 2.24) is 15.2 Å². The molecule has 1 saturated carbocycles. The molecular formula is C21H29IN4O. The molecule has 1 aromatic heterocycles. The van der Waals surface area contributed by atoms with Crippen molar-refractivity contribution in [3.05, 3.63) is 53.9 Å². The van der Waals surface area contributed by atoms with Crippen LogP contribution in [0.4, 0.5) is 0 Å². The molecule has 2 aliphatic rings. The number of aromatic nitrogens is 1. The maximum absolute atomic E-state index is 6.45. The van der Waals surface area contributed by atoms with Gasteiger partial charge in [-0.05, 0) is 43.4 Å². The highest BCUT2D eigenvalue weighted by atomic mass is 127. The van der Waals surface area contributed by atoms with Crippen molar-refractivity contribution in [1.29, 1.82) is 0 Å². The van der Waals surface area contributed by atoms with Crippen molar-refractivity contribution in [2.75, 3.05) is 7.05 Å². The zero-order valence-corrected chi connectivity index (χ0v) is 18.4. The molecular weight excluding hydrogens is 451 g/mol. The van der Waals surface area contributed by atoms with E-state index in [0.717, 1.165) is 37.5 Å². The number of halogens is 1. The summed E-state index contributed by atoms with van der Waals surface area (Å²) in [6.45, 7) is 0.760. The van der Waals surface area contributed by atoms with Crippen molar-refractivity contribution in [2.24, 2.45) is 12.0 Å². The van der Waals surface area contributed by atoms with Gasteiger partial charge < -0.3 is 19.9 Å². The topological polar surface area (TPSA) is 50.6 Å². The van der Waals surface area contributed by atoms with Crippen molar-refractivity contribution >= 4 is 29.9 Å². The van der Waals surface area contributed by atoms with E-state index in [9.17, 15) is 0 Å². The molecule has 1 fully saturated rings. The number of aryl methyl sites for hydroxylation is 1. The predicted octanol–water partition coefficient (Wildman–Crippen LogP) is 4.14. The van der Waals surface area contributed by atoms with Crippen molar-refractivity contribution < 1.29 is 4.74 Å². The summed E-state index contributed by atoms with van der Waals surface area (Å²) in [5.41, 5.74) is 2.47. The SMILES string of the molecule is CN=C(NCc1ccn(C)c1)NC1CC2(CCCC2)Oc2ccccc21.I. The van der Waals surface area contributed by atoms with Crippen LogP contribution in [0.25, 0.3) is 0 Å². The molecule has 1 spiro atoms. The first-order chi connectivity index (χ1) is 12.7. The standard InChI is InChI=1S/C21H28N4O.HI/c1-22-20(23-14-16-9-12-25(2)15-16)24-18-13-21(10-5-6-11-21)26-19-8-4-3-7-17(18)19;/h3-4,7-9,12,15,18H,5-6,10-11,13-14H2,1-2H3,(H2,22,23,24);1H. The summed E-state index contributed by atoms with van der Waals surface area (Å²) >= 11 is 0. The van der Waals surface area contributed by atoms with Crippen LogP contribution in [-0.4, -0.2) is 23.2 Å². The van der Waals surface area contributed by atoms with Crippen molar-refractivity contribution in [3.8, 4) is 5.75 Å². The predicted molar refractivity (Wildman–Crippen MR) is 120 cm³/mol. The van der Waals surface area contributed by atoms with Crippen LogP contribution in [0.1, 0.15) is 49.3 Å². The molecule has 2 aromatic rings. The largest absolute Gasteiger partial charge is 0.487 e. The molecule has 0 saturated heterocycles. The lowest BCUT2D eigenvalue weighted by atomic mass is 9.86. The number of nitrogens with one attached hydrogen (secondary N) is 2. The fraction of sp³-hybridized carbons (Fsp3) is 0.476. The third-order valence-corrected chi connectivity index (χ3v) is 5.60. The lowest BCUT2D eigenvalue weighted by molar-refractivity contribution is 0.0396. The van der Waals surface area contributed by atoms with Gasteiger partial charge in [0.1, 0.15) is 11.4 Å². The van der Waals surface area contributed by atoms with E-state index in [2.05, 4.69) is 62.9 Å². The normalized spacial score (nSPS) is 20.5. The number of benzene rings is 1. The first-order valence-electron chi connectivity index (χ1n) is 9.53. The summed E-state index contributed by atoms with van der Waals surface area (Å²) in [7, 11) is 3.87. The number of aliphatic imine (C=N–C) groups is 1. The number of ether oxygens (including phenoxy) is 1. The second kappa shape index (κ2) is 8.54. The summed E-state index contributed by atoms with van der Waals surface area (Å²) in [6.07, 6.45) is 10.00. The molecule has 4 rings (SSSR count). The number of nitrogens with zero attached hydrogens (tertiary/aromatic N) is 2. The van der Waals surface area contributed by atoms with Crippen LogP contribution in [0.2, 0.25) is 0 Å². The van der Waals surface area contributed by atoms with Gasteiger partial charge in [0, 0.05) is 45.0 Å². The Labute approximate surface area is 178 Å². The summed E-state index contributed by atoms with van der Waals surface area (Å²) in [6, 6.07) is 10.8.